The van der Waals surface area contributed by atoms with Gasteiger partial charge in [-0.2, -0.15) is 4.98 Å². The molecule has 0 aliphatic carbocycles. The number of hydrogen-bond acceptors (Lipinski definition) is 9. The molecule has 3 aliphatic rings. The Morgan fingerprint density at radius 1 is 1.03 bits per heavy atom. The second-order valence-electron chi connectivity index (χ2n) is 9.55. The number of nitrogens with one attached hydrogen (secondary N) is 1. The Morgan fingerprint density at radius 3 is 2.57 bits per heavy atom. The normalized spacial score (nSPS) is 21.3. The highest BCUT2D eigenvalue weighted by Crippen LogP contribution is 2.34. The van der Waals surface area contributed by atoms with Gasteiger partial charge in [0.25, 0.3) is 0 Å². The molecule has 2 fully saturated rings. The molecule has 35 heavy (non-hydrogen) atoms. The predicted molar refractivity (Wildman–Crippen MR) is 133 cm³/mol. The van der Waals surface area contributed by atoms with E-state index in [1.165, 1.54) is 5.56 Å². The maximum Gasteiger partial charge on any atom is 0.247 e. The number of rotatable bonds is 5. The van der Waals surface area contributed by atoms with Gasteiger partial charge in [0.05, 0.1) is 16.5 Å². The number of ether oxygens (including phenoxy) is 1. The fourth-order valence-corrected chi connectivity index (χ4v) is 6.31. The minimum atomic E-state index is -1.04. The van der Waals surface area contributed by atoms with E-state index in [2.05, 4.69) is 39.5 Å². The van der Waals surface area contributed by atoms with Gasteiger partial charge in [0, 0.05) is 56.0 Å². The van der Waals surface area contributed by atoms with E-state index < -0.39 is 10.8 Å². The Hall–Kier alpha value is -2.85. The summed E-state index contributed by atoms with van der Waals surface area (Å²) >= 11 is 0. The van der Waals surface area contributed by atoms with Crippen LogP contribution in [-0.2, 0) is 22.0 Å². The Balaban J connectivity index is 1.16. The molecule has 6 rings (SSSR count). The molecule has 0 amide bonds. The van der Waals surface area contributed by atoms with E-state index in [-0.39, 0.29) is 5.92 Å². The summed E-state index contributed by atoms with van der Waals surface area (Å²) in [4.78, 5) is 12.7. The van der Waals surface area contributed by atoms with Crippen molar-refractivity contribution in [2.45, 2.75) is 55.9 Å². The highest BCUT2D eigenvalue weighted by Gasteiger charge is 2.31. The van der Waals surface area contributed by atoms with Gasteiger partial charge in [0.15, 0.2) is 0 Å². The van der Waals surface area contributed by atoms with Gasteiger partial charge in [0.1, 0.15) is 10.7 Å². The molecule has 2 saturated heterocycles. The van der Waals surface area contributed by atoms with Crippen molar-refractivity contribution in [2.75, 3.05) is 42.3 Å². The second-order valence-corrected chi connectivity index (χ2v) is 11.1. The number of benzene rings is 1. The number of fused-ring (bicyclic) bond motifs is 1. The van der Waals surface area contributed by atoms with Crippen LogP contribution in [0.5, 0.6) is 0 Å². The number of hydrogen-bond donors (Lipinski definition) is 1. The predicted octanol–water partition coefficient (Wildman–Crippen LogP) is 3.47. The van der Waals surface area contributed by atoms with Crippen molar-refractivity contribution in [3.63, 3.8) is 0 Å². The number of anilines is 2. The van der Waals surface area contributed by atoms with Crippen molar-refractivity contribution in [3.05, 3.63) is 41.4 Å². The van der Waals surface area contributed by atoms with Crippen LogP contribution in [0.25, 0.3) is 11.5 Å². The summed E-state index contributed by atoms with van der Waals surface area (Å²) in [5.41, 5.74) is 3.07. The third-order valence-corrected chi connectivity index (χ3v) is 8.56. The molecule has 0 saturated carbocycles. The van der Waals surface area contributed by atoms with E-state index in [1.54, 1.807) is 0 Å². The van der Waals surface area contributed by atoms with Crippen LogP contribution in [0, 0.1) is 6.92 Å². The summed E-state index contributed by atoms with van der Waals surface area (Å²) in [6.45, 7) is 5.17. The summed E-state index contributed by atoms with van der Waals surface area (Å²) in [5.74, 6) is 3.59. The van der Waals surface area contributed by atoms with E-state index in [0.29, 0.717) is 23.6 Å². The zero-order valence-corrected chi connectivity index (χ0v) is 20.7. The molecule has 1 N–H and O–H groups in total. The fraction of sp³-hybridized carbons (Fsp3) is 0.520. The Labute approximate surface area is 207 Å². The molecule has 0 spiro atoms. The van der Waals surface area contributed by atoms with E-state index in [4.69, 9.17) is 19.1 Å². The van der Waals surface area contributed by atoms with E-state index in [0.717, 1.165) is 86.3 Å². The molecule has 2 aromatic heterocycles. The molecule has 3 aromatic rings. The van der Waals surface area contributed by atoms with Crippen LogP contribution in [0.15, 0.2) is 33.6 Å². The number of nitrogens with zero attached hydrogens (tertiary/aromatic N) is 5. The average Bonchev–Trinajstić information content (AvgIpc) is 3.53. The third kappa shape index (κ3) is 4.69. The second kappa shape index (κ2) is 9.66. The molecule has 1 unspecified atom stereocenters. The number of aromatic nitrogens is 4. The first kappa shape index (κ1) is 22.6. The quantitative estimate of drug-likeness (QED) is 0.570. The average molecular weight is 495 g/mol. The van der Waals surface area contributed by atoms with E-state index in [1.807, 2.05) is 12.1 Å². The molecule has 10 heteroatoms. The minimum Gasteiger partial charge on any atom is -0.420 e. The Morgan fingerprint density at radius 2 is 1.80 bits per heavy atom. The molecule has 9 nitrogen and oxygen atoms in total. The SMILES string of the molecule is Cc1ccc(-c2nnc(C3CCN(c4nc5c(c(NC6CCOCC6)n4)S(=O)CC5)CC3)o2)cc1. The molecular formula is C25H30N6O3S. The van der Waals surface area contributed by atoms with Gasteiger partial charge >= 0.3 is 0 Å². The Bertz CT molecular complexity index is 1220. The standard InChI is InChI=1S/C25H30N6O3S/c1-16-2-4-17(5-3-16)23-29-30-24(34-23)18-6-11-31(12-7-18)25-27-20-10-15-35(32)21(20)22(28-25)26-19-8-13-33-14-9-19/h2-5,18-19H,6-15H2,1H3,(H,26,27,28). The van der Waals surface area contributed by atoms with Gasteiger partial charge in [-0.25, -0.2) is 4.98 Å². The first-order valence-corrected chi connectivity index (χ1v) is 13.7. The smallest absolute Gasteiger partial charge is 0.247 e. The summed E-state index contributed by atoms with van der Waals surface area (Å²) in [7, 11) is -1.04. The lowest BCUT2D eigenvalue weighted by Gasteiger charge is -2.31. The van der Waals surface area contributed by atoms with Gasteiger partial charge in [-0.1, -0.05) is 17.7 Å². The lowest BCUT2D eigenvalue weighted by atomic mass is 9.97. The molecule has 184 valence electrons. The lowest BCUT2D eigenvalue weighted by Crippen LogP contribution is -2.35. The number of aryl methyl sites for hydroxylation is 2. The lowest BCUT2D eigenvalue weighted by molar-refractivity contribution is 0.0903. The van der Waals surface area contributed by atoms with Crippen molar-refractivity contribution in [3.8, 4) is 11.5 Å². The molecule has 0 radical (unpaired) electrons. The third-order valence-electron chi connectivity index (χ3n) is 7.10. The minimum absolute atomic E-state index is 0.222. The monoisotopic (exact) mass is 494 g/mol. The van der Waals surface area contributed by atoms with Gasteiger partial charge in [-0.05, 0) is 44.7 Å². The zero-order chi connectivity index (χ0) is 23.8. The summed E-state index contributed by atoms with van der Waals surface area (Å²) in [5, 5.41) is 12.2. The summed E-state index contributed by atoms with van der Waals surface area (Å²) in [6.07, 6.45) is 4.39. The summed E-state index contributed by atoms with van der Waals surface area (Å²) in [6, 6.07) is 8.42. The fourth-order valence-electron chi connectivity index (χ4n) is 5.00. The molecular weight excluding hydrogens is 464 g/mol. The highest BCUT2D eigenvalue weighted by atomic mass is 32.2. The van der Waals surface area contributed by atoms with Gasteiger partial charge in [-0.3, -0.25) is 4.21 Å². The maximum absolute atomic E-state index is 12.7. The van der Waals surface area contributed by atoms with E-state index in [9.17, 15) is 4.21 Å². The van der Waals surface area contributed by atoms with Crippen molar-refractivity contribution in [1.82, 2.24) is 20.2 Å². The van der Waals surface area contributed by atoms with Crippen molar-refractivity contribution >= 4 is 22.6 Å². The zero-order valence-electron chi connectivity index (χ0n) is 19.9. The van der Waals surface area contributed by atoms with Crippen LogP contribution in [0.3, 0.4) is 0 Å². The molecule has 5 heterocycles. The van der Waals surface area contributed by atoms with E-state index >= 15 is 0 Å². The topological polar surface area (TPSA) is 106 Å². The highest BCUT2D eigenvalue weighted by molar-refractivity contribution is 7.85. The molecule has 0 bridgehead atoms. The van der Waals surface area contributed by atoms with Gasteiger partial charge < -0.3 is 19.4 Å². The van der Waals surface area contributed by atoms with Crippen LogP contribution >= 0.6 is 0 Å². The Kier molecular flexibility index (Phi) is 6.24. The first-order chi connectivity index (χ1) is 17.1. The number of piperidine rings is 1. The largest absolute Gasteiger partial charge is 0.420 e. The van der Waals surface area contributed by atoms with Crippen molar-refractivity contribution in [1.29, 1.82) is 0 Å². The van der Waals surface area contributed by atoms with Crippen LogP contribution in [0.1, 0.15) is 48.7 Å². The van der Waals surface area contributed by atoms with Gasteiger partial charge in [-0.15, -0.1) is 10.2 Å². The summed E-state index contributed by atoms with van der Waals surface area (Å²) < 4.78 is 24.2. The van der Waals surface area contributed by atoms with Crippen LogP contribution in [0.2, 0.25) is 0 Å². The van der Waals surface area contributed by atoms with Crippen molar-refractivity contribution < 1.29 is 13.4 Å². The first-order valence-electron chi connectivity index (χ1n) is 12.4. The van der Waals surface area contributed by atoms with Gasteiger partial charge in [0.2, 0.25) is 17.7 Å². The molecule has 3 aliphatic heterocycles. The van der Waals surface area contributed by atoms with Crippen LogP contribution in [0.4, 0.5) is 11.8 Å². The molecule has 1 atom stereocenters. The van der Waals surface area contributed by atoms with Crippen LogP contribution in [-0.4, -0.2) is 62.5 Å². The van der Waals surface area contributed by atoms with Crippen molar-refractivity contribution in [2.24, 2.45) is 0 Å². The maximum atomic E-state index is 12.7. The molecule has 1 aromatic carbocycles. The van der Waals surface area contributed by atoms with Crippen LogP contribution < -0.4 is 10.2 Å².